The predicted molar refractivity (Wildman–Crippen MR) is 95.3 cm³/mol. The third-order valence-electron chi connectivity index (χ3n) is 4.81. The Morgan fingerprint density at radius 3 is 2.85 bits per heavy atom. The molecule has 1 amide bonds. The monoisotopic (exact) mass is 369 g/mol. The Bertz CT molecular complexity index is 980. The molecule has 1 aromatic carbocycles. The number of carbonyl (C=O) groups excluding carboxylic acids is 1. The van der Waals surface area contributed by atoms with Crippen molar-refractivity contribution in [2.75, 3.05) is 6.54 Å². The normalized spacial score (nSPS) is 15.3. The number of aliphatic hydroxyl groups is 1. The molecule has 3 aromatic rings. The lowest BCUT2D eigenvalue weighted by Gasteiger charge is -2.20. The molecule has 0 spiro atoms. The van der Waals surface area contributed by atoms with Gasteiger partial charge >= 0.3 is 0 Å². The molecule has 140 valence electrons. The molecule has 1 aliphatic heterocycles. The standard InChI is InChI=1S/C19H20FN5O2/c1-23-17(6-7-21-23)18(26)16-11-15-12-24(8-3-9-25(15)22-16)19(27)13-4-2-5-14(20)10-13/h2,4-7,10-11,18,26H,3,8-9,12H2,1H3/t18-/m1/s1. The van der Waals surface area contributed by atoms with Gasteiger partial charge in [0.15, 0.2) is 0 Å². The number of hydrogen-bond donors (Lipinski definition) is 1. The van der Waals surface area contributed by atoms with Gasteiger partial charge in [-0.1, -0.05) is 6.07 Å². The smallest absolute Gasteiger partial charge is 0.254 e. The van der Waals surface area contributed by atoms with Crippen LogP contribution in [0.25, 0.3) is 0 Å². The highest BCUT2D eigenvalue weighted by Crippen LogP contribution is 2.23. The molecule has 0 unspecified atom stereocenters. The van der Waals surface area contributed by atoms with E-state index < -0.39 is 11.9 Å². The van der Waals surface area contributed by atoms with Crippen molar-refractivity contribution in [1.82, 2.24) is 24.5 Å². The van der Waals surface area contributed by atoms with E-state index >= 15 is 0 Å². The number of benzene rings is 1. The van der Waals surface area contributed by atoms with Gasteiger partial charge < -0.3 is 10.0 Å². The first kappa shape index (κ1) is 17.4. The molecule has 3 heterocycles. The van der Waals surface area contributed by atoms with Crippen LogP contribution in [0.2, 0.25) is 0 Å². The van der Waals surface area contributed by atoms with Crippen LogP contribution in [-0.2, 0) is 20.1 Å². The van der Waals surface area contributed by atoms with E-state index in [4.69, 9.17) is 0 Å². The van der Waals surface area contributed by atoms with Gasteiger partial charge in [0.05, 0.1) is 23.6 Å². The van der Waals surface area contributed by atoms with E-state index in [9.17, 15) is 14.3 Å². The van der Waals surface area contributed by atoms with Crippen LogP contribution in [0, 0.1) is 5.82 Å². The first-order chi connectivity index (χ1) is 13.0. The number of hydrogen-bond acceptors (Lipinski definition) is 4. The molecular formula is C19H20FN5O2. The van der Waals surface area contributed by atoms with Crippen molar-refractivity contribution in [3.05, 3.63) is 71.1 Å². The van der Waals surface area contributed by atoms with Gasteiger partial charge in [0.2, 0.25) is 0 Å². The minimum atomic E-state index is -0.885. The molecule has 0 bridgehead atoms. The van der Waals surface area contributed by atoms with Crippen molar-refractivity contribution in [1.29, 1.82) is 0 Å². The second kappa shape index (κ2) is 6.96. The Hall–Kier alpha value is -3.00. The highest BCUT2D eigenvalue weighted by atomic mass is 19.1. The first-order valence-electron chi connectivity index (χ1n) is 8.80. The zero-order chi connectivity index (χ0) is 19.0. The zero-order valence-electron chi connectivity index (χ0n) is 14.9. The van der Waals surface area contributed by atoms with Gasteiger partial charge in [-0.15, -0.1) is 0 Å². The van der Waals surface area contributed by atoms with Crippen molar-refractivity contribution in [3.8, 4) is 0 Å². The van der Waals surface area contributed by atoms with Crippen LogP contribution in [0.15, 0.2) is 42.6 Å². The van der Waals surface area contributed by atoms with E-state index in [0.29, 0.717) is 36.6 Å². The molecule has 1 N–H and O–H groups in total. The number of carbonyl (C=O) groups is 1. The second-order valence-electron chi connectivity index (χ2n) is 6.66. The maximum atomic E-state index is 13.5. The van der Waals surface area contributed by atoms with Gasteiger partial charge in [-0.05, 0) is 36.8 Å². The lowest BCUT2D eigenvalue weighted by molar-refractivity contribution is 0.0745. The number of aliphatic hydroxyl groups excluding tert-OH is 1. The van der Waals surface area contributed by atoms with Gasteiger partial charge in [-0.3, -0.25) is 14.2 Å². The van der Waals surface area contributed by atoms with Crippen LogP contribution in [-0.4, -0.2) is 42.0 Å². The number of nitrogens with zero attached hydrogens (tertiary/aromatic N) is 5. The summed E-state index contributed by atoms with van der Waals surface area (Å²) in [7, 11) is 1.76. The molecule has 8 heteroatoms. The Labute approximate surface area is 155 Å². The maximum Gasteiger partial charge on any atom is 0.254 e. The molecule has 0 aliphatic carbocycles. The fourth-order valence-electron chi connectivity index (χ4n) is 3.40. The Morgan fingerprint density at radius 2 is 2.11 bits per heavy atom. The fourth-order valence-corrected chi connectivity index (χ4v) is 3.40. The molecule has 0 saturated carbocycles. The quantitative estimate of drug-likeness (QED) is 0.765. The average Bonchev–Trinajstić information content (AvgIpc) is 3.21. The number of rotatable bonds is 3. The maximum absolute atomic E-state index is 13.5. The van der Waals surface area contributed by atoms with E-state index in [-0.39, 0.29) is 5.91 Å². The van der Waals surface area contributed by atoms with Crippen LogP contribution in [0.5, 0.6) is 0 Å². The lowest BCUT2D eigenvalue weighted by atomic mass is 10.1. The Morgan fingerprint density at radius 1 is 1.26 bits per heavy atom. The van der Waals surface area contributed by atoms with E-state index in [0.717, 1.165) is 12.1 Å². The molecule has 1 atom stereocenters. The zero-order valence-corrected chi connectivity index (χ0v) is 14.9. The molecule has 1 aliphatic rings. The number of halogens is 1. The highest BCUT2D eigenvalue weighted by molar-refractivity contribution is 5.94. The molecule has 7 nitrogen and oxygen atoms in total. The number of aromatic nitrogens is 4. The lowest BCUT2D eigenvalue weighted by Crippen LogP contribution is -2.30. The summed E-state index contributed by atoms with van der Waals surface area (Å²) in [4.78, 5) is 14.4. The van der Waals surface area contributed by atoms with Gasteiger partial charge in [-0.2, -0.15) is 10.2 Å². The molecule has 0 fully saturated rings. The van der Waals surface area contributed by atoms with Gasteiger partial charge in [0, 0.05) is 31.9 Å². The number of fused-ring (bicyclic) bond motifs is 1. The molecule has 0 saturated heterocycles. The van der Waals surface area contributed by atoms with Crippen molar-refractivity contribution in [2.45, 2.75) is 25.6 Å². The summed E-state index contributed by atoms with van der Waals surface area (Å²) < 4.78 is 16.9. The summed E-state index contributed by atoms with van der Waals surface area (Å²) in [6.07, 6.45) is 1.47. The van der Waals surface area contributed by atoms with Crippen LogP contribution in [0.4, 0.5) is 4.39 Å². The van der Waals surface area contributed by atoms with E-state index in [1.807, 2.05) is 10.7 Å². The third kappa shape index (κ3) is 3.35. The number of amides is 1. The van der Waals surface area contributed by atoms with E-state index in [1.54, 1.807) is 35.0 Å². The van der Waals surface area contributed by atoms with Crippen molar-refractivity contribution in [2.24, 2.45) is 7.05 Å². The minimum Gasteiger partial charge on any atom is -0.380 e. The van der Waals surface area contributed by atoms with Crippen molar-refractivity contribution < 1.29 is 14.3 Å². The molecular weight excluding hydrogens is 349 g/mol. The van der Waals surface area contributed by atoms with Crippen molar-refractivity contribution in [3.63, 3.8) is 0 Å². The predicted octanol–water partition coefficient (Wildman–Crippen LogP) is 1.88. The summed E-state index contributed by atoms with van der Waals surface area (Å²) in [6.45, 7) is 1.58. The second-order valence-corrected chi connectivity index (χ2v) is 6.66. The van der Waals surface area contributed by atoms with E-state index in [1.165, 1.54) is 18.2 Å². The van der Waals surface area contributed by atoms with Gasteiger partial charge in [0.1, 0.15) is 11.9 Å². The SMILES string of the molecule is Cn1nccc1[C@H](O)c1cc2n(n1)CCCN(C(=O)c1cccc(F)c1)C2. The molecule has 0 radical (unpaired) electrons. The molecule has 4 rings (SSSR count). The third-order valence-corrected chi connectivity index (χ3v) is 4.81. The topological polar surface area (TPSA) is 76.2 Å². The van der Waals surface area contributed by atoms with Crippen LogP contribution < -0.4 is 0 Å². The summed E-state index contributed by atoms with van der Waals surface area (Å²) in [6, 6.07) is 9.28. The summed E-state index contributed by atoms with van der Waals surface area (Å²) in [5.41, 5.74) is 2.34. The fraction of sp³-hybridized carbons (Fsp3) is 0.316. The van der Waals surface area contributed by atoms with Crippen molar-refractivity contribution >= 4 is 5.91 Å². The summed E-state index contributed by atoms with van der Waals surface area (Å²) >= 11 is 0. The molecule has 2 aromatic heterocycles. The first-order valence-corrected chi connectivity index (χ1v) is 8.80. The Balaban J connectivity index is 1.58. The highest BCUT2D eigenvalue weighted by Gasteiger charge is 2.24. The summed E-state index contributed by atoms with van der Waals surface area (Å²) in [5, 5.41) is 19.2. The van der Waals surface area contributed by atoms with Gasteiger partial charge in [-0.25, -0.2) is 4.39 Å². The van der Waals surface area contributed by atoms with E-state index in [2.05, 4.69) is 10.2 Å². The summed E-state index contributed by atoms with van der Waals surface area (Å²) in [5.74, 6) is -0.639. The minimum absolute atomic E-state index is 0.210. The van der Waals surface area contributed by atoms with Gasteiger partial charge in [0.25, 0.3) is 5.91 Å². The Kier molecular flexibility index (Phi) is 4.49. The van der Waals surface area contributed by atoms with Crippen LogP contribution in [0.1, 0.15) is 40.0 Å². The van der Waals surface area contributed by atoms with Crippen LogP contribution >= 0.6 is 0 Å². The largest absolute Gasteiger partial charge is 0.380 e. The molecule has 27 heavy (non-hydrogen) atoms. The average molecular weight is 369 g/mol. The number of aryl methyl sites for hydroxylation is 2. The van der Waals surface area contributed by atoms with Crippen LogP contribution in [0.3, 0.4) is 0 Å².